The molecule has 0 aliphatic carbocycles. The number of benzene rings is 2. The van der Waals surface area contributed by atoms with Gasteiger partial charge in [-0.05, 0) is 68.5 Å². The van der Waals surface area contributed by atoms with E-state index in [1.807, 2.05) is 36.2 Å². The second kappa shape index (κ2) is 10.3. The molecule has 37 heavy (non-hydrogen) atoms. The predicted octanol–water partition coefficient (Wildman–Crippen LogP) is 5.49. The number of methoxy groups -OCH3 is 1. The van der Waals surface area contributed by atoms with Crippen molar-refractivity contribution in [3.05, 3.63) is 89.5 Å². The number of ether oxygens (including phenoxy) is 1. The molecule has 2 aliphatic rings. The molecule has 0 saturated carbocycles. The van der Waals surface area contributed by atoms with Crippen LogP contribution >= 0.6 is 0 Å². The number of likely N-dealkylation sites (tertiary alicyclic amines) is 1. The molecule has 1 fully saturated rings. The molecule has 2 aromatic heterocycles. The Morgan fingerprint density at radius 2 is 1.89 bits per heavy atom. The van der Waals surface area contributed by atoms with Crippen LogP contribution in [0.4, 0.5) is 0 Å². The zero-order chi connectivity index (χ0) is 25.2. The SMILES string of the molecule is COc1cc(C=Cc2nc3n(n2)CCC[C@H]3C2CCCN2Cc2ccccc2)ccc1-n1cnc(C)c1. The van der Waals surface area contributed by atoms with E-state index in [1.54, 1.807) is 7.11 Å². The highest BCUT2D eigenvalue weighted by Crippen LogP contribution is 2.37. The van der Waals surface area contributed by atoms with Crippen molar-refractivity contribution in [1.82, 2.24) is 29.2 Å². The minimum absolute atomic E-state index is 0.438. The molecule has 0 radical (unpaired) electrons. The Balaban J connectivity index is 1.21. The lowest BCUT2D eigenvalue weighted by molar-refractivity contribution is 0.191. The summed E-state index contributed by atoms with van der Waals surface area (Å²) >= 11 is 0. The van der Waals surface area contributed by atoms with Crippen molar-refractivity contribution in [1.29, 1.82) is 0 Å². The van der Waals surface area contributed by atoms with E-state index < -0.39 is 0 Å². The predicted molar refractivity (Wildman–Crippen MR) is 146 cm³/mol. The molecule has 2 aliphatic heterocycles. The first-order chi connectivity index (χ1) is 18.2. The normalized spacial score (nSPS) is 19.9. The van der Waals surface area contributed by atoms with Gasteiger partial charge in [0.2, 0.25) is 0 Å². The highest BCUT2D eigenvalue weighted by Gasteiger charge is 2.37. The fraction of sp³-hybridized carbons (Fsp3) is 0.367. The van der Waals surface area contributed by atoms with Gasteiger partial charge in [0.25, 0.3) is 0 Å². The lowest BCUT2D eigenvalue weighted by atomic mass is 9.89. The average Bonchev–Trinajstić information content (AvgIpc) is 3.67. The maximum atomic E-state index is 5.67. The fourth-order valence-electron chi connectivity index (χ4n) is 5.89. The summed E-state index contributed by atoms with van der Waals surface area (Å²) in [6, 6.07) is 17.6. The zero-order valence-electron chi connectivity index (χ0n) is 21.6. The summed E-state index contributed by atoms with van der Waals surface area (Å²) in [5.41, 5.74) is 4.38. The Bertz CT molecular complexity index is 1390. The number of aryl methyl sites for hydroxylation is 2. The zero-order valence-corrected chi connectivity index (χ0v) is 21.6. The Labute approximate surface area is 218 Å². The van der Waals surface area contributed by atoms with Crippen LogP contribution in [0.2, 0.25) is 0 Å². The van der Waals surface area contributed by atoms with Gasteiger partial charge >= 0.3 is 0 Å². The molecular weight excluding hydrogens is 460 g/mol. The number of imidazole rings is 1. The molecule has 1 saturated heterocycles. The van der Waals surface area contributed by atoms with E-state index in [1.165, 1.54) is 24.8 Å². The van der Waals surface area contributed by atoms with Crippen LogP contribution in [0.15, 0.2) is 61.1 Å². The van der Waals surface area contributed by atoms with Crippen LogP contribution in [0.1, 0.15) is 60.1 Å². The molecule has 1 unspecified atom stereocenters. The maximum Gasteiger partial charge on any atom is 0.174 e. The Morgan fingerprint density at radius 3 is 2.70 bits per heavy atom. The van der Waals surface area contributed by atoms with Crippen LogP contribution in [0.5, 0.6) is 5.75 Å². The van der Waals surface area contributed by atoms with Gasteiger partial charge in [-0.3, -0.25) is 4.90 Å². The van der Waals surface area contributed by atoms with Gasteiger partial charge in [0, 0.05) is 31.2 Å². The number of hydrogen-bond donors (Lipinski definition) is 0. The standard InChI is InChI=1S/C30H34N6O/c1-22-19-35(21-31-22)27-14-12-23(18-28(27)37-2)13-15-29-32-30-25(10-6-17-36(30)33-29)26-11-7-16-34(26)20-24-8-4-3-5-9-24/h3-5,8-9,12-15,18-19,21,25-26H,6-7,10-11,16-17,20H2,1-2H3/t25-,26?/m0/s1. The molecular formula is C30H34N6O. The van der Waals surface area contributed by atoms with E-state index >= 15 is 0 Å². The molecule has 0 spiro atoms. The van der Waals surface area contributed by atoms with Crippen LogP contribution in [0.3, 0.4) is 0 Å². The molecule has 0 N–H and O–H groups in total. The number of rotatable bonds is 7. The van der Waals surface area contributed by atoms with Crippen molar-refractivity contribution in [2.75, 3.05) is 13.7 Å². The number of hydrogen-bond acceptors (Lipinski definition) is 5. The summed E-state index contributed by atoms with van der Waals surface area (Å²) in [7, 11) is 1.70. The van der Waals surface area contributed by atoms with Crippen molar-refractivity contribution in [3.63, 3.8) is 0 Å². The molecule has 0 amide bonds. The third-order valence-electron chi connectivity index (χ3n) is 7.66. The second-order valence-electron chi connectivity index (χ2n) is 10.2. The van der Waals surface area contributed by atoms with Gasteiger partial charge in [-0.15, -0.1) is 0 Å². The van der Waals surface area contributed by atoms with E-state index in [4.69, 9.17) is 14.8 Å². The van der Waals surface area contributed by atoms with Crippen molar-refractivity contribution in [2.45, 2.75) is 57.7 Å². The van der Waals surface area contributed by atoms with E-state index in [0.29, 0.717) is 12.0 Å². The quantitative estimate of drug-likeness (QED) is 0.340. The minimum atomic E-state index is 0.438. The lowest BCUT2D eigenvalue weighted by Crippen LogP contribution is -2.37. The number of fused-ring (bicyclic) bond motifs is 1. The third-order valence-corrected chi connectivity index (χ3v) is 7.66. The Hall–Kier alpha value is -3.71. The van der Waals surface area contributed by atoms with E-state index in [-0.39, 0.29) is 0 Å². The lowest BCUT2D eigenvalue weighted by Gasteiger charge is -2.33. The van der Waals surface area contributed by atoms with Gasteiger partial charge in [-0.1, -0.05) is 42.5 Å². The summed E-state index contributed by atoms with van der Waals surface area (Å²) in [6.45, 7) is 5.10. The molecule has 6 rings (SSSR count). The third kappa shape index (κ3) is 4.96. The summed E-state index contributed by atoms with van der Waals surface area (Å²) in [5, 5.41) is 4.86. The molecule has 7 nitrogen and oxygen atoms in total. The Morgan fingerprint density at radius 1 is 1.03 bits per heavy atom. The Kier molecular flexibility index (Phi) is 6.62. The smallest absolute Gasteiger partial charge is 0.174 e. The average molecular weight is 495 g/mol. The van der Waals surface area contributed by atoms with Gasteiger partial charge in [0.15, 0.2) is 5.82 Å². The topological polar surface area (TPSA) is 61.0 Å². The van der Waals surface area contributed by atoms with Gasteiger partial charge in [-0.25, -0.2) is 14.6 Å². The summed E-state index contributed by atoms with van der Waals surface area (Å²) in [4.78, 5) is 12.0. The van der Waals surface area contributed by atoms with Crippen LogP contribution in [-0.2, 0) is 13.1 Å². The van der Waals surface area contributed by atoms with E-state index in [2.05, 4.69) is 63.1 Å². The first kappa shape index (κ1) is 23.7. The molecule has 2 atom stereocenters. The maximum absolute atomic E-state index is 5.67. The van der Waals surface area contributed by atoms with Gasteiger partial charge < -0.3 is 9.30 Å². The van der Waals surface area contributed by atoms with Gasteiger partial charge in [0.1, 0.15) is 11.6 Å². The highest BCUT2D eigenvalue weighted by molar-refractivity contribution is 5.69. The molecule has 190 valence electrons. The largest absolute Gasteiger partial charge is 0.495 e. The second-order valence-corrected chi connectivity index (χ2v) is 10.2. The van der Waals surface area contributed by atoms with Crippen molar-refractivity contribution >= 4 is 12.2 Å². The number of aromatic nitrogens is 5. The van der Waals surface area contributed by atoms with E-state index in [9.17, 15) is 0 Å². The molecule has 2 aromatic carbocycles. The van der Waals surface area contributed by atoms with Crippen LogP contribution in [0, 0.1) is 6.92 Å². The molecule has 0 bridgehead atoms. The van der Waals surface area contributed by atoms with Crippen LogP contribution in [-0.4, -0.2) is 48.9 Å². The summed E-state index contributed by atoms with van der Waals surface area (Å²) in [5.74, 6) is 3.17. The minimum Gasteiger partial charge on any atom is -0.495 e. The first-order valence-electron chi connectivity index (χ1n) is 13.3. The number of nitrogens with zero attached hydrogens (tertiary/aromatic N) is 6. The van der Waals surface area contributed by atoms with Crippen molar-refractivity contribution in [2.24, 2.45) is 0 Å². The summed E-state index contributed by atoms with van der Waals surface area (Å²) < 4.78 is 9.80. The molecule has 7 heteroatoms. The highest BCUT2D eigenvalue weighted by atomic mass is 16.5. The first-order valence-corrected chi connectivity index (χ1v) is 13.3. The van der Waals surface area contributed by atoms with Crippen molar-refractivity contribution in [3.8, 4) is 11.4 Å². The summed E-state index contributed by atoms with van der Waals surface area (Å²) in [6.07, 6.45) is 12.7. The fourth-order valence-corrected chi connectivity index (χ4v) is 5.89. The van der Waals surface area contributed by atoms with Gasteiger partial charge in [-0.2, -0.15) is 5.10 Å². The molecule has 4 aromatic rings. The molecule has 4 heterocycles. The van der Waals surface area contributed by atoms with E-state index in [0.717, 1.165) is 60.4 Å². The van der Waals surface area contributed by atoms with Crippen molar-refractivity contribution < 1.29 is 4.74 Å². The van der Waals surface area contributed by atoms with Crippen LogP contribution in [0.25, 0.3) is 17.8 Å². The van der Waals surface area contributed by atoms with Crippen LogP contribution < -0.4 is 4.74 Å². The van der Waals surface area contributed by atoms with Gasteiger partial charge in [0.05, 0.1) is 24.8 Å². The monoisotopic (exact) mass is 494 g/mol.